The molecular formula is C11H20N6O. The van der Waals surface area contributed by atoms with Gasteiger partial charge in [-0.15, -0.1) is 0 Å². The maximum atomic E-state index is 5.36. The average Bonchev–Trinajstić information content (AvgIpc) is 2.91. The van der Waals surface area contributed by atoms with Crippen LogP contribution in [0.25, 0.3) is 0 Å². The number of hydrogen-bond donors (Lipinski definition) is 2. The summed E-state index contributed by atoms with van der Waals surface area (Å²) in [5.41, 5.74) is 2.44. The van der Waals surface area contributed by atoms with E-state index in [9.17, 15) is 0 Å². The number of hydrazine groups is 1. The SMILES string of the molecule is CCOc1nc(NN)nc(N(C)C2CCCC2)n1. The molecule has 0 bridgehead atoms. The molecule has 3 N–H and O–H groups in total. The van der Waals surface area contributed by atoms with Crippen molar-refractivity contribution in [2.75, 3.05) is 24.0 Å². The molecule has 0 atom stereocenters. The highest BCUT2D eigenvalue weighted by Gasteiger charge is 2.22. The van der Waals surface area contributed by atoms with Crippen molar-refractivity contribution in [1.82, 2.24) is 15.0 Å². The predicted octanol–water partition coefficient (Wildman–Crippen LogP) is 0.935. The molecule has 1 aliphatic rings. The van der Waals surface area contributed by atoms with Crippen molar-refractivity contribution in [3.8, 4) is 6.01 Å². The standard InChI is InChI=1S/C11H20N6O/c1-3-18-11-14-9(16-12)13-10(15-11)17(2)8-6-4-5-7-8/h8H,3-7,12H2,1-2H3,(H,13,14,15,16). The van der Waals surface area contributed by atoms with Gasteiger partial charge in [-0.25, -0.2) is 5.84 Å². The van der Waals surface area contributed by atoms with Crippen LogP contribution in [0.15, 0.2) is 0 Å². The van der Waals surface area contributed by atoms with Crippen LogP contribution in [0.2, 0.25) is 0 Å². The van der Waals surface area contributed by atoms with Gasteiger partial charge in [0.2, 0.25) is 11.9 Å². The highest BCUT2D eigenvalue weighted by atomic mass is 16.5. The Hall–Kier alpha value is -1.63. The Bertz CT molecular complexity index is 393. The predicted molar refractivity (Wildman–Crippen MR) is 69.5 cm³/mol. The van der Waals surface area contributed by atoms with Gasteiger partial charge < -0.3 is 9.64 Å². The summed E-state index contributed by atoms with van der Waals surface area (Å²) >= 11 is 0. The van der Waals surface area contributed by atoms with Gasteiger partial charge in [0.25, 0.3) is 0 Å². The molecule has 1 heterocycles. The lowest BCUT2D eigenvalue weighted by atomic mass is 10.2. The minimum absolute atomic E-state index is 0.306. The zero-order chi connectivity index (χ0) is 13.0. The van der Waals surface area contributed by atoms with Gasteiger partial charge in [0, 0.05) is 13.1 Å². The molecule has 18 heavy (non-hydrogen) atoms. The minimum Gasteiger partial charge on any atom is -0.464 e. The summed E-state index contributed by atoms with van der Waals surface area (Å²) in [5, 5.41) is 0. The van der Waals surface area contributed by atoms with Gasteiger partial charge in [-0.1, -0.05) is 12.8 Å². The third-order valence-electron chi connectivity index (χ3n) is 3.19. The summed E-state index contributed by atoms with van der Waals surface area (Å²) in [4.78, 5) is 14.7. The van der Waals surface area contributed by atoms with Crippen LogP contribution in [0.1, 0.15) is 32.6 Å². The van der Waals surface area contributed by atoms with Gasteiger partial charge >= 0.3 is 6.01 Å². The monoisotopic (exact) mass is 252 g/mol. The lowest BCUT2D eigenvalue weighted by molar-refractivity contribution is 0.312. The molecule has 1 aromatic rings. The number of ether oxygens (including phenoxy) is 1. The molecular weight excluding hydrogens is 232 g/mol. The zero-order valence-electron chi connectivity index (χ0n) is 10.9. The van der Waals surface area contributed by atoms with Gasteiger partial charge in [-0.2, -0.15) is 15.0 Å². The van der Waals surface area contributed by atoms with Crippen LogP contribution in [-0.2, 0) is 0 Å². The van der Waals surface area contributed by atoms with E-state index in [-0.39, 0.29) is 0 Å². The maximum absolute atomic E-state index is 5.36. The van der Waals surface area contributed by atoms with E-state index in [4.69, 9.17) is 10.6 Å². The number of nitrogens with one attached hydrogen (secondary N) is 1. The van der Waals surface area contributed by atoms with E-state index in [1.165, 1.54) is 25.7 Å². The molecule has 0 unspecified atom stereocenters. The number of nitrogens with two attached hydrogens (primary N) is 1. The lowest BCUT2D eigenvalue weighted by Gasteiger charge is -2.24. The first-order chi connectivity index (χ1) is 8.74. The van der Waals surface area contributed by atoms with E-state index in [0.29, 0.717) is 30.6 Å². The fourth-order valence-corrected chi connectivity index (χ4v) is 2.22. The van der Waals surface area contributed by atoms with Crippen LogP contribution in [0.5, 0.6) is 6.01 Å². The third kappa shape index (κ3) is 2.79. The number of aromatic nitrogens is 3. The van der Waals surface area contributed by atoms with Crippen molar-refractivity contribution in [1.29, 1.82) is 0 Å². The van der Waals surface area contributed by atoms with Crippen LogP contribution in [0.3, 0.4) is 0 Å². The van der Waals surface area contributed by atoms with Crippen molar-refractivity contribution < 1.29 is 4.74 Å². The number of hydrogen-bond acceptors (Lipinski definition) is 7. The largest absolute Gasteiger partial charge is 0.464 e. The first-order valence-electron chi connectivity index (χ1n) is 6.33. The summed E-state index contributed by atoms with van der Waals surface area (Å²) < 4.78 is 5.32. The summed E-state index contributed by atoms with van der Waals surface area (Å²) in [6.45, 7) is 2.40. The highest BCUT2D eigenvalue weighted by Crippen LogP contribution is 2.25. The molecule has 0 saturated heterocycles. The minimum atomic E-state index is 0.306. The second-order valence-corrected chi connectivity index (χ2v) is 4.37. The van der Waals surface area contributed by atoms with Crippen molar-refractivity contribution in [3.63, 3.8) is 0 Å². The second kappa shape index (κ2) is 5.81. The molecule has 1 fully saturated rings. The van der Waals surface area contributed by atoms with Crippen LogP contribution in [-0.4, -0.2) is 34.6 Å². The molecule has 1 saturated carbocycles. The van der Waals surface area contributed by atoms with Gasteiger partial charge in [0.15, 0.2) is 0 Å². The number of nitrogens with zero attached hydrogens (tertiary/aromatic N) is 4. The van der Waals surface area contributed by atoms with Gasteiger partial charge in [0.1, 0.15) is 0 Å². The number of anilines is 2. The van der Waals surface area contributed by atoms with E-state index >= 15 is 0 Å². The van der Waals surface area contributed by atoms with E-state index < -0.39 is 0 Å². The van der Waals surface area contributed by atoms with E-state index in [0.717, 1.165) is 0 Å². The topological polar surface area (TPSA) is 89.2 Å². The fourth-order valence-electron chi connectivity index (χ4n) is 2.22. The molecule has 0 aliphatic heterocycles. The maximum Gasteiger partial charge on any atom is 0.323 e. The normalized spacial score (nSPS) is 15.7. The van der Waals surface area contributed by atoms with E-state index in [1.54, 1.807) is 0 Å². The molecule has 2 rings (SSSR count). The van der Waals surface area contributed by atoms with Crippen LogP contribution in [0.4, 0.5) is 11.9 Å². The number of nitrogen functional groups attached to an aromatic ring is 1. The Morgan fingerprint density at radius 3 is 2.67 bits per heavy atom. The molecule has 100 valence electrons. The Kier molecular flexibility index (Phi) is 4.14. The Morgan fingerprint density at radius 2 is 2.06 bits per heavy atom. The Labute approximate surface area is 107 Å². The van der Waals surface area contributed by atoms with Crippen molar-refractivity contribution in [2.24, 2.45) is 5.84 Å². The first-order valence-corrected chi connectivity index (χ1v) is 6.33. The molecule has 7 heteroatoms. The lowest BCUT2D eigenvalue weighted by Crippen LogP contribution is -2.31. The highest BCUT2D eigenvalue weighted by molar-refractivity contribution is 5.38. The van der Waals surface area contributed by atoms with Crippen molar-refractivity contribution >= 4 is 11.9 Å². The molecule has 1 aromatic heterocycles. The Balaban J connectivity index is 2.21. The van der Waals surface area contributed by atoms with E-state index in [2.05, 4.69) is 25.3 Å². The molecule has 0 aromatic carbocycles. The summed E-state index contributed by atoms with van der Waals surface area (Å²) in [5.74, 6) is 6.29. The summed E-state index contributed by atoms with van der Waals surface area (Å²) in [6, 6.07) is 0.799. The Morgan fingerprint density at radius 1 is 1.33 bits per heavy atom. The molecule has 0 radical (unpaired) electrons. The van der Waals surface area contributed by atoms with Crippen LogP contribution >= 0.6 is 0 Å². The molecule has 7 nitrogen and oxygen atoms in total. The molecule has 1 aliphatic carbocycles. The summed E-state index contributed by atoms with van der Waals surface area (Å²) in [6.07, 6.45) is 4.88. The fraction of sp³-hybridized carbons (Fsp3) is 0.727. The quantitative estimate of drug-likeness (QED) is 0.595. The third-order valence-corrected chi connectivity index (χ3v) is 3.19. The van der Waals surface area contributed by atoms with Crippen LogP contribution in [0, 0.1) is 0 Å². The second-order valence-electron chi connectivity index (χ2n) is 4.37. The van der Waals surface area contributed by atoms with Gasteiger partial charge in [0.05, 0.1) is 6.61 Å². The van der Waals surface area contributed by atoms with Crippen LogP contribution < -0.4 is 20.9 Å². The molecule has 0 spiro atoms. The summed E-state index contributed by atoms with van der Waals surface area (Å²) in [7, 11) is 2.00. The molecule has 0 amide bonds. The van der Waals surface area contributed by atoms with Crippen molar-refractivity contribution in [3.05, 3.63) is 0 Å². The average molecular weight is 252 g/mol. The zero-order valence-corrected chi connectivity index (χ0v) is 10.9. The van der Waals surface area contributed by atoms with E-state index in [1.807, 2.05) is 14.0 Å². The number of rotatable bonds is 5. The van der Waals surface area contributed by atoms with Gasteiger partial charge in [-0.05, 0) is 19.8 Å². The van der Waals surface area contributed by atoms with Crippen molar-refractivity contribution in [2.45, 2.75) is 38.6 Å². The van der Waals surface area contributed by atoms with Gasteiger partial charge in [-0.3, -0.25) is 5.43 Å². The first kappa shape index (κ1) is 12.8. The smallest absolute Gasteiger partial charge is 0.323 e.